The lowest BCUT2D eigenvalue weighted by atomic mass is 10.2. The molecule has 2 aromatic rings. The summed E-state index contributed by atoms with van der Waals surface area (Å²) in [6.07, 6.45) is 5.16. The number of halogens is 1. The van der Waals surface area contributed by atoms with E-state index in [0.717, 1.165) is 12.1 Å². The molecule has 0 aromatic carbocycles. The van der Waals surface area contributed by atoms with E-state index in [1.54, 1.807) is 24.7 Å². The highest BCUT2D eigenvalue weighted by molar-refractivity contribution is 5.43. The van der Waals surface area contributed by atoms with Crippen LogP contribution in [0.15, 0.2) is 36.8 Å². The van der Waals surface area contributed by atoms with Crippen LogP contribution in [-0.2, 0) is 13.1 Å². The number of rotatable bonds is 7. The van der Waals surface area contributed by atoms with Crippen molar-refractivity contribution in [1.29, 1.82) is 0 Å². The predicted octanol–water partition coefficient (Wildman–Crippen LogP) is 2.75. The molecule has 0 aliphatic heterocycles. The molecular formula is C16H21FN4. The monoisotopic (exact) mass is 288 g/mol. The van der Waals surface area contributed by atoms with E-state index in [1.165, 1.54) is 0 Å². The van der Waals surface area contributed by atoms with E-state index >= 15 is 0 Å². The Morgan fingerprint density at radius 3 is 2.57 bits per heavy atom. The van der Waals surface area contributed by atoms with Gasteiger partial charge in [-0.05, 0) is 37.2 Å². The number of anilines is 1. The van der Waals surface area contributed by atoms with Crippen molar-refractivity contribution in [3.8, 4) is 0 Å². The van der Waals surface area contributed by atoms with Gasteiger partial charge in [-0.15, -0.1) is 0 Å². The van der Waals surface area contributed by atoms with Gasteiger partial charge in [0.15, 0.2) is 11.6 Å². The molecule has 0 fully saturated rings. The second-order valence-corrected chi connectivity index (χ2v) is 4.76. The summed E-state index contributed by atoms with van der Waals surface area (Å²) >= 11 is 0. The second-order valence-electron chi connectivity index (χ2n) is 4.76. The Balaban J connectivity index is 2.21. The number of aromatic nitrogens is 2. The molecule has 0 saturated carbocycles. The zero-order valence-electron chi connectivity index (χ0n) is 12.5. The van der Waals surface area contributed by atoms with Gasteiger partial charge >= 0.3 is 0 Å². The molecule has 2 rings (SSSR count). The Morgan fingerprint density at radius 1 is 1.14 bits per heavy atom. The van der Waals surface area contributed by atoms with Crippen molar-refractivity contribution in [1.82, 2.24) is 15.3 Å². The third-order valence-electron chi connectivity index (χ3n) is 3.32. The maximum atomic E-state index is 14.6. The number of pyridine rings is 2. The quantitative estimate of drug-likeness (QED) is 0.850. The Hall–Kier alpha value is -2.01. The van der Waals surface area contributed by atoms with Gasteiger partial charge in [0.25, 0.3) is 0 Å². The van der Waals surface area contributed by atoms with Crippen LogP contribution in [0.4, 0.5) is 10.2 Å². The minimum absolute atomic E-state index is 0.241. The lowest BCUT2D eigenvalue weighted by Gasteiger charge is -2.23. The van der Waals surface area contributed by atoms with Crippen LogP contribution in [0.3, 0.4) is 0 Å². The molecular weight excluding hydrogens is 267 g/mol. The van der Waals surface area contributed by atoms with Crippen LogP contribution < -0.4 is 10.2 Å². The van der Waals surface area contributed by atoms with Crippen LogP contribution in [0.1, 0.15) is 25.0 Å². The van der Waals surface area contributed by atoms with Gasteiger partial charge in [-0.1, -0.05) is 6.92 Å². The van der Waals surface area contributed by atoms with Crippen molar-refractivity contribution in [2.24, 2.45) is 0 Å². The average molecular weight is 288 g/mol. The summed E-state index contributed by atoms with van der Waals surface area (Å²) in [7, 11) is 0. The molecule has 4 nitrogen and oxygen atoms in total. The van der Waals surface area contributed by atoms with E-state index < -0.39 is 0 Å². The van der Waals surface area contributed by atoms with Crippen LogP contribution in [0.25, 0.3) is 0 Å². The fourth-order valence-corrected chi connectivity index (χ4v) is 2.13. The molecule has 112 valence electrons. The SMILES string of the molecule is CCNCc1ccnc(N(CC)Cc2ccncc2)c1F. The molecule has 0 aliphatic rings. The first-order valence-electron chi connectivity index (χ1n) is 7.24. The maximum absolute atomic E-state index is 14.6. The van der Waals surface area contributed by atoms with E-state index in [1.807, 2.05) is 30.9 Å². The Bertz CT molecular complexity index is 559. The largest absolute Gasteiger partial charge is 0.350 e. The van der Waals surface area contributed by atoms with Gasteiger partial charge in [0, 0.05) is 43.8 Å². The van der Waals surface area contributed by atoms with Gasteiger partial charge in [0.2, 0.25) is 0 Å². The van der Waals surface area contributed by atoms with Gasteiger partial charge in [0.05, 0.1) is 0 Å². The van der Waals surface area contributed by atoms with E-state index in [0.29, 0.717) is 31.0 Å². The highest BCUT2D eigenvalue weighted by atomic mass is 19.1. The molecule has 1 N–H and O–H groups in total. The number of nitrogens with one attached hydrogen (secondary N) is 1. The molecule has 0 aliphatic carbocycles. The van der Waals surface area contributed by atoms with E-state index in [-0.39, 0.29) is 5.82 Å². The van der Waals surface area contributed by atoms with Crippen LogP contribution in [0.2, 0.25) is 0 Å². The van der Waals surface area contributed by atoms with Gasteiger partial charge in [-0.2, -0.15) is 0 Å². The number of nitrogens with zero attached hydrogens (tertiary/aromatic N) is 3. The number of hydrogen-bond acceptors (Lipinski definition) is 4. The predicted molar refractivity (Wildman–Crippen MR) is 82.5 cm³/mol. The van der Waals surface area contributed by atoms with E-state index in [4.69, 9.17) is 0 Å². The minimum atomic E-state index is -0.241. The van der Waals surface area contributed by atoms with E-state index in [2.05, 4.69) is 15.3 Å². The third kappa shape index (κ3) is 3.98. The fraction of sp³-hybridized carbons (Fsp3) is 0.375. The zero-order valence-corrected chi connectivity index (χ0v) is 12.5. The third-order valence-corrected chi connectivity index (χ3v) is 3.32. The summed E-state index contributed by atoms with van der Waals surface area (Å²) in [6.45, 7) is 6.64. The van der Waals surface area contributed by atoms with Crippen molar-refractivity contribution >= 4 is 5.82 Å². The van der Waals surface area contributed by atoms with Crippen LogP contribution in [0.5, 0.6) is 0 Å². The fourth-order valence-electron chi connectivity index (χ4n) is 2.13. The molecule has 2 heterocycles. The zero-order chi connectivity index (χ0) is 15.1. The first-order valence-corrected chi connectivity index (χ1v) is 7.24. The van der Waals surface area contributed by atoms with Gasteiger partial charge in [-0.25, -0.2) is 9.37 Å². The van der Waals surface area contributed by atoms with Crippen molar-refractivity contribution in [2.75, 3.05) is 18.0 Å². The van der Waals surface area contributed by atoms with Crippen LogP contribution >= 0.6 is 0 Å². The normalized spacial score (nSPS) is 10.6. The van der Waals surface area contributed by atoms with Gasteiger partial charge < -0.3 is 10.2 Å². The highest BCUT2D eigenvalue weighted by Crippen LogP contribution is 2.21. The van der Waals surface area contributed by atoms with Crippen molar-refractivity contribution < 1.29 is 4.39 Å². The summed E-state index contributed by atoms with van der Waals surface area (Å²) in [4.78, 5) is 10.2. The molecule has 0 spiro atoms. The number of hydrogen-bond donors (Lipinski definition) is 1. The molecule has 2 aromatic heterocycles. The molecule has 0 radical (unpaired) electrons. The summed E-state index contributed by atoms with van der Waals surface area (Å²) in [5, 5.41) is 3.14. The highest BCUT2D eigenvalue weighted by Gasteiger charge is 2.15. The molecule has 5 heteroatoms. The minimum Gasteiger partial charge on any atom is -0.350 e. The van der Waals surface area contributed by atoms with Crippen molar-refractivity contribution in [3.05, 3.63) is 53.7 Å². The molecule has 0 unspecified atom stereocenters. The molecule has 0 atom stereocenters. The first-order chi connectivity index (χ1) is 10.3. The lowest BCUT2D eigenvalue weighted by Crippen LogP contribution is -2.25. The second kappa shape index (κ2) is 7.69. The van der Waals surface area contributed by atoms with Gasteiger partial charge in [0.1, 0.15) is 0 Å². The molecule has 21 heavy (non-hydrogen) atoms. The van der Waals surface area contributed by atoms with Crippen molar-refractivity contribution in [2.45, 2.75) is 26.9 Å². The summed E-state index contributed by atoms with van der Waals surface area (Å²) < 4.78 is 14.6. The lowest BCUT2D eigenvalue weighted by molar-refractivity contribution is 0.579. The van der Waals surface area contributed by atoms with Gasteiger partial charge in [-0.3, -0.25) is 4.98 Å². The summed E-state index contributed by atoms with van der Waals surface area (Å²) in [5.74, 6) is 0.166. The average Bonchev–Trinajstić information content (AvgIpc) is 2.53. The standard InChI is InChI=1S/C16H21FN4/c1-3-18-11-14-7-10-20-16(15(14)17)21(4-2)12-13-5-8-19-9-6-13/h5-10,18H,3-4,11-12H2,1-2H3. The smallest absolute Gasteiger partial charge is 0.170 e. The summed E-state index contributed by atoms with van der Waals surface area (Å²) in [6, 6.07) is 5.59. The van der Waals surface area contributed by atoms with Crippen molar-refractivity contribution in [3.63, 3.8) is 0 Å². The molecule has 0 saturated heterocycles. The Labute approximate surface area is 125 Å². The summed E-state index contributed by atoms with van der Waals surface area (Å²) in [5.41, 5.74) is 1.74. The topological polar surface area (TPSA) is 41.1 Å². The van der Waals surface area contributed by atoms with E-state index in [9.17, 15) is 4.39 Å². The van der Waals surface area contributed by atoms with Crippen LogP contribution in [-0.4, -0.2) is 23.1 Å². The Morgan fingerprint density at radius 2 is 1.90 bits per heavy atom. The Kier molecular flexibility index (Phi) is 5.63. The maximum Gasteiger partial charge on any atom is 0.170 e. The first kappa shape index (κ1) is 15.4. The van der Waals surface area contributed by atoms with Crippen LogP contribution in [0, 0.1) is 5.82 Å². The molecule has 0 amide bonds. The molecule has 0 bridgehead atoms.